The highest BCUT2D eigenvalue weighted by molar-refractivity contribution is 5.92. The van der Waals surface area contributed by atoms with Crippen LogP contribution in [0.5, 0.6) is 0 Å². The Bertz CT molecular complexity index is 316. The minimum absolute atomic E-state index is 0.153. The second-order valence-electron chi connectivity index (χ2n) is 3.11. The Morgan fingerprint density at radius 1 is 1.77 bits per heavy atom. The van der Waals surface area contributed by atoms with Gasteiger partial charge in [-0.15, -0.1) is 5.10 Å². The Balaban J connectivity index is 1.96. The van der Waals surface area contributed by atoms with Crippen LogP contribution in [0.3, 0.4) is 0 Å². The second-order valence-corrected chi connectivity index (χ2v) is 3.11. The minimum atomic E-state index is -0.153. The summed E-state index contributed by atoms with van der Waals surface area (Å²) in [4.78, 5) is 11.4. The Morgan fingerprint density at radius 3 is 3.00 bits per heavy atom. The number of aryl methyl sites for hydroxylation is 1. The molecule has 6 heteroatoms. The number of carbonyl (C=O) groups is 1. The largest absolute Gasteiger partial charge is 0.345 e. The van der Waals surface area contributed by atoms with Crippen molar-refractivity contribution in [1.82, 2.24) is 25.6 Å². The van der Waals surface area contributed by atoms with E-state index in [0.717, 1.165) is 13.1 Å². The Labute approximate surface area is 75.3 Å². The van der Waals surface area contributed by atoms with Gasteiger partial charge in [0.15, 0.2) is 5.69 Å². The maximum absolute atomic E-state index is 11.4. The standard InChI is InChI=1S/C7H11N5O/c1-12-4-6(10-11-12)7(13)9-5-2-8-3-5/h4-5,8H,2-3H2,1H3,(H,9,13). The van der Waals surface area contributed by atoms with Gasteiger partial charge >= 0.3 is 0 Å². The summed E-state index contributed by atoms with van der Waals surface area (Å²) in [5.74, 6) is -0.153. The van der Waals surface area contributed by atoms with Gasteiger partial charge in [-0.2, -0.15) is 0 Å². The first kappa shape index (κ1) is 8.18. The Kier molecular flexibility index (Phi) is 1.97. The van der Waals surface area contributed by atoms with Gasteiger partial charge in [-0.05, 0) is 0 Å². The number of aromatic nitrogens is 3. The molecule has 2 N–H and O–H groups in total. The van der Waals surface area contributed by atoms with Gasteiger partial charge in [-0.1, -0.05) is 5.21 Å². The van der Waals surface area contributed by atoms with Gasteiger partial charge in [0.1, 0.15) is 0 Å². The number of carbonyl (C=O) groups excluding carboxylic acids is 1. The van der Waals surface area contributed by atoms with Gasteiger partial charge in [-0.3, -0.25) is 9.48 Å². The highest BCUT2D eigenvalue weighted by atomic mass is 16.2. The summed E-state index contributed by atoms with van der Waals surface area (Å²) < 4.78 is 1.51. The van der Waals surface area contributed by atoms with Crippen molar-refractivity contribution in [3.05, 3.63) is 11.9 Å². The summed E-state index contributed by atoms with van der Waals surface area (Å²) >= 11 is 0. The minimum Gasteiger partial charge on any atom is -0.345 e. The van der Waals surface area contributed by atoms with E-state index in [9.17, 15) is 4.79 Å². The lowest BCUT2D eigenvalue weighted by Crippen LogP contribution is -2.57. The molecular weight excluding hydrogens is 170 g/mol. The fourth-order valence-electron chi connectivity index (χ4n) is 1.10. The van der Waals surface area contributed by atoms with E-state index in [4.69, 9.17) is 0 Å². The molecule has 1 aromatic heterocycles. The first-order valence-electron chi connectivity index (χ1n) is 4.13. The van der Waals surface area contributed by atoms with Gasteiger partial charge in [0.25, 0.3) is 5.91 Å². The van der Waals surface area contributed by atoms with Gasteiger partial charge in [0, 0.05) is 20.1 Å². The van der Waals surface area contributed by atoms with Crippen molar-refractivity contribution in [3.63, 3.8) is 0 Å². The third-order valence-electron chi connectivity index (χ3n) is 1.95. The number of hydrogen-bond acceptors (Lipinski definition) is 4. The van der Waals surface area contributed by atoms with E-state index in [-0.39, 0.29) is 11.9 Å². The molecule has 2 rings (SSSR count). The van der Waals surface area contributed by atoms with E-state index in [1.807, 2.05) is 0 Å². The van der Waals surface area contributed by atoms with E-state index >= 15 is 0 Å². The molecule has 0 atom stereocenters. The van der Waals surface area contributed by atoms with Crippen LogP contribution >= 0.6 is 0 Å². The Hall–Kier alpha value is -1.43. The summed E-state index contributed by atoms with van der Waals surface area (Å²) in [6.07, 6.45) is 1.60. The van der Waals surface area contributed by atoms with Gasteiger partial charge in [0.2, 0.25) is 0 Å². The fourth-order valence-corrected chi connectivity index (χ4v) is 1.10. The van der Waals surface area contributed by atoms with Crippen LogP contribution in [0.15, 0.2) is 6.20 Å². The molecule has 0 radical (unpaired) electrons. The van der Waals surface area contributed by atoms with Crippen LogP contribution in [0.25, 0.3) is 0 Å². The van der Waals surface area contributed by atoms with Crippen LogP contribution in [0.2, 0.25) is 0 Å². The second kappa shape index (κ2) is 3.14. The zero-order valence-corrected chi connectivity index (χ0v) is 7.32. The number of rotatable bonds is 2. The van der Waals surface area contributed by atoms with Crippen molar-refractivity contribution >= 4 is 5.91 Å². The molecule has 1 aliphatic rings. The summed E-state index contributed by atoms with van der Waals surface area (Å²) in [6.45, 7) is 1.68. The molecule has 2 heterocycles. The summed E-state index contributed by atoms with van der Waals surface area (Å²) in [5.41, 5.74) is 0.370. The maximum Gasteiger partial charge on any atom is 0.273 e. The first-order valence-corrected chi connectivity index (χ1v) is 4.13. The summed E-state index contributed by atoms with van der Waals surface area (Å²) in [6, 6.07) is 0.245. The number of hydrogen-bond donors (Lipinski definition) is 2. The van der Waals surface area contributed by atoms with Gasteiger partial charge < -0.3 is 10.6 Å². The van der Waals surface area contributed by atoms with Crippen molar-refractivity contribution in [2.75, 3.05) is 13.1 Å². The lowest BCUT2D eigenvalue weighted by molar-refractivity contribution is 0.0918. The number of amides is 1. The topological polar surface area (TPSA) is 71.8 Å². The molecule has 13 heavy (non-hydrogen) atoms. The molecule has 0 unspecified atom stereocenters. The maximum atomic E-state index is 11.4. The lowest BCUT2D eigenvalue weighted by atomic mass is 10.2. The fraction of sp³-hybridized carbons (Fsp3) is 0.571. The van der Waals surface area contributed by atoms with Crippen molar-refractivity contribution in [3.8, 4) is 0 Å². The molecule has 0 aromatic carbocycles. The smallest absolute Gasteiger partial charge is 0.273 e. The number of nitrogens with zero attached hydrogens (tertiary/aromatic N) is 3. The summed E-state index contributed by atoms with van der Waals surface area (Å²) in [5, 5.41) is 13.3. The highest BCUT2D eigenvalue weighted by Crippen LogP contribution is 1.95. The van der Waals surface area contributed by atoms with E-state index < -0.39 is 0 Å². The van der Waals surface area contributed by atoms with E-state index in [1.54, 1.807) is 13.2 Å². The molecule has 0 bridgehead atoms. The average molecular weight is 181 g/mol. The molecule has 1 saturated heterocycles. The number of nitrogens with one attached hydrogen (secondary N) is 2. The highest BCUT2D eigenvalue weighted by Gasteiger charge is 2.20. The third-order valence-corrected chi connectivity index (χ3v) is 1.95. The zero-order valence-electron chi connectivity index (χ0n) is 7.32. The molecule has 1 aromatic rings. The summed E-state index contributed by atoms with van der Waals surface area (Å²) in [7, 11) is 1.73. The molecule has 0 saturated carbocycles. The monoisotopic (exact) mass is 181 g/mol. The molecule has 0 spiro atoms. The molecule has 1 aliphatic heterocycles. The average Bonchev–Trinajstić information content (AvgIpc) is 2.44. The van der Waals surface area contributed by atoms with Crippen molar-refractivity contribution in [1.29, 1.82) is 0 Å². The zero-order chi connectivity index (χ0) is 9.26. The van der Waals surface area contributed by atoms with Crippen molar-refractivity contribution < 1.29 is 4.79 Å². The van der Waals surface area contributed by atoms with Gasteiger partial charge in [0.05, 0.1) is 12.2 Å². The third kappa shape index (κ3) is 1.67. The van der Waals surface area contributed by atoms with Crippen molar-refractivity contribution in [2.45, 2.75) is 6.04 Å². The molecular formula is C7H11N5O. The molecule has 0 aliphatic carbocycles. The van der Waals surface area contributed by atoms with Crippen LogP contribution < -0.4 is 10.6 Å². The normalized spacial score (nSPS) is 16.7. The molecule has 70 valence electrons. The van der Waals surface area contributed by atoms with Crippen LogP contribution in [0, 0.1) is 0 Å². The predicted octanol–water partition coefficient (Wildman–Crippen LogP) is -1.48. The molecule has 1 fully saturated rings. The van der Waals surface area contributed by atoms with Gasteiger partial charge in [-0.25, -0.2) is 0 Å². The van der Waals surface area contributed by atoms with Crippen molar-refractivity contribution in [2.24, 2.45) is 7.05 Å². The SMILES string of the molecule is Cn1cc(C(=O)NC2CNC2)nn1. The molecule has 1 amide bonds. The van der Waals surface area contributed by atoms with E-state index in [2.05, 4.69) is 20.9 Å². The van der Waals surface area contributed by atoms with Crippen LogP contribution in [-0.2, 0) is 7.05 Å². The van der Waals surface area contributed by atoms with Crippen LogP contribution in [0.1, 0.15) is 10.5 Å². The van der Waals surface area contributed by atoms with E-state index in [1.165, 1.54) is 4.68 Å². The van der Waals surface area contributed by atoms with E-state index in [0.29, 0.717) is 5.69 Å². The quantitative estimate of drug-likeness (QED) is 0.583. The molecule has 6 nitrogen and oxygen atoms in total. The van der Waals surface area contributed by atoms with Crippen LogP contribution in [-0.4, -0.2) is 40.0 Å². The lowest BCUT2D eigenvalue weighted by Gasteiger charge is -2.27. The first-order chi connectivity index (χ1) is 6.25. The Morgan fingerprint density at radius 2 is 2.54 bits per heavy atom. The van der Waals surface area contributed by atoms with Crippen LogP contribution in [0.4, 0.5) is 0 Å². The predicted molar refractivity (Wildman–Crippen MR) is 45.1 cm³/mol.